The van der Waals surface area contributed by atoms with Crippen LogP contribution in [-0.2, 0) is 21.2 Å². The van der Waals surface area contributed by atoms with Crippen LogP contribution in [0.3, 0.4) is 0 Å². The predicted octanol–water partition coefficient (Wildman–Crippen LogP) is 3.52. The maximum absolute atomic E-state index is 12.1. The Morgan fingerprint density at radius 3 is 2.44 bits per heavy atom. The van der Waals surface area contributed by atoms with Crippen LogP contribution >= 0.6 is 11.6 Å². The summed E-state index contributed by atoms with van der Waals surface area (Å²) in [6.45, 7) is 3.92. The van der Waals surface area contributed by atoms with E-state index in [-0.39, 0.29) is 10.8 Å². The van der Waals surface area contributed by atoms with Crippen LogP contribution < -0.4 is 10.0 Å². The van der Waals surface area contributed by atoms with Crippen molar-refractivity contribution in [3.8, 4) is 0 Å². The number of carbonyl (C=O) groups excluding carboxylic acids is 1. The molecule has 5 nitrogen and oxygen atoms in total. The van der Waals surface area contributed by atoms with Crippen molar-refractivity contribution in [1.29, 1.82) is 0 Å². The number of nitrogens with one attached hydrogen (secondary N) is 2. The van der Waals surface area contributed by atoms with Gasteiger partial charge in [-0.1, -0.05) is 36.7 Å². The Morgan fingerprint density at radius 1 is 1.12 bits per heavy atom. The monoisotopic (exact) mass is 380 g/mol. The minimum Gasteiger partial charge on any atom is -0.326 e. The van der Waals surface area contributed by atoms with Gasteiger partial charge in [0.05, 0.1) is 4.90 Å². The molecule has 0 aliphatic rings. The van der Waals surface area contributed by atoms with Crippen LogP contribution in [0.4, 0.5) is 5.69 Å². The van der Waals surface area contributed by atoms with E-state index in [1.165, 1.54) is 0 Å². The quantitative estimate of drug-likeness (QED) is 0.771. The molecule has 0 bridgehead atoms. The van der Waals surface area contributed by atoms with E-state index in [1.54, 1.807) is 49.4 Å². The number of rotatable bonds is 7. The topological polar surface area (TPSA) is 75.3 Å². The first kappa shape index (κ1) is 19.4. The van der Waals surface area contributed by atoms with Gasteiger partial charge in [0.25, 0.3) is 0 Å². The molecule has 134 valence electrons. The van der Waals surface area contributed by atoms with Crippen molar-refractivity contribution >= 4 is 33.2 Å². The lowest BCUT2D eigenvalue weighted by Gasteiger charge is -2.10. The van der Waals surface area contributed by atoms with Gasteiger partial charge >= 0.3 is 0 Å². The lowest BCUT2D eigenvalue weighted by atomic mass is 10.1. The van der Waals surface area contributed by atoms with E-state index in [2.05, 4.69) is 10.0 Å². The van der Waals surface area contributed by atoms with Crippen molar-refractivity contribution < 1.29 is 13.2 Å². The molecule has 1 amide bonds. The molecule has 25 heavy (non-hydrogen) atoms. The summed E-state index contributed by atoms with van der Waals surface area (Å²) >= 11 is 6.04. The Labute approximate surface area is 153 Å². The third-order valence-electron chi connectivity index (χ3n) is 3.75. The smallest absolute Gasteiger partial charge is 0.240 e. The molecule has 0 saturated carbocycles. The number of carbonyl (C=O) groups is 1. The van der Waals surface area contributed by atoms with Gasteiger partial charge in [0.15, 0.2) is 0 Å². The molecule has 0 heterocycles. The Balaban J connectivity index is 1.95. The van der Waals surface area contributed by atoms with Crippen molar-refractivity contribution in [2.75, 3.05) is 11.9 Å². The molecule has 0 radical (unpaired) electrons. The second-order valence-electron chi connectivity index (χ2n) is 5.61. The minimum atomic E-state index is -3.45. The number of halogens is 1. The number of hydrogen-bond acceptors (Lipinski definition) is 3. The zero-order chi connectivity index (χ0) is 18.4. The summed E-state index contributed by atoms with van der Waals surface area (Å²) in [6.07, 6.45) is 0.818. The third-order valence-corrected chi connectivity index (χ3v) is 5.72. The fourth-order valence-electron chi connectivity index (χ4n) is 2.32. The van der Waals surface area contributed by atoms with Crippen molar-refractivity contribution in [1.82, 2.24) is 4.72 Å². The van der Waals surface area contributed by atoms with E-state index in [0.29, 0.717) is 30.1 Å². The van der Waals surface area contributed by atoms with E-state index in [9.17, 15) is 13.2 Å². The van der Waals surface area contributed by atoms with E-state index in [0.717, 1.165) is 11.1 Å². The largest absolute Gasteiger partial charge is 0.326 e. The molecule has 7 heteroatoms. The number of anilines is 1. The first-order valence-corrected chi connectivity index (χ1v) is 9.83. The molecule has 0 unspecified atom stereocenters. The van der Waals surface area contributed by atoms with Crippen LogP contribution in [0.15, 0.2) is 47.4 Å². The van der Waals surface area contributed by atoms with Crippen LogP contribution in [-0.4, -0.2) is 20.9 Å². The molecule has 2 aromatic carbocycles. The fraction of sp³-hybridized carbons (Fsp3) is 0.278. The van der Waals surface area contributed by atoms with Gasteiger partial charge in [-0.15, -0.1) is 0 Å². The minimum absolute atomic E-state index is 0.116. The van der Waals surface area contributed by atoms with E-state index >= 15 is 0 Å². The average molecular weight is 381 g/mol. The van der Waals surface area contributed by atoms with Crippen molar-refractivity contribution in [3.63, 3.8) is 0 Å². The number of hydrogen-bond donors (Lipinski definition) is 2. The summed E-state index contributed by atoms with van der Waals surface area (Å²) in [5.41, 5.74) is 2.42. The predicted molar refractivity (Wildman–Crippen MR) is 100 cm³/mol. The molecule has 0 aliphatic heterocycles. The summed E-state index contributed by atoms with van der Waals surface area (Å²) in [5.74, 6) is -0.116. The van der Waals surface area contributed by atoms with Crippen LogP contribution in [0.2, 0.25) is 5.02 Å². The molecule has 0 saturated heterocycles. The maximum Gasteiger partial charge on any atom is 0.240 e. The first-order chi connectivity index (χ1) is 11.8. The van der Waals surface area contributed by atoms with Gasteiger partial charge in [0.2, 0.25) is 15.9 Å². The maximum atomic E-state index is 12.1. The number of benzene rings is 2. The van der Waals surface area contributed by atoms with E-state index in [4.69, 9.17) is 11.6 Å². The molecular weight excluding hydrogens is 360 g/mol. The highest BCUT2D eigenvalue weighted by atomic mass is 35.5. The zero-order valence-electron chi connectivity index (χ0n) is 14.2. The highest BCUT2D eigenvalue weighted by Gasteiger charge is 2.12. The van der Waals surface area contributed by atoms with Gasteiger partial charge in [0, 0.05) is 23.7 Å². The Hall–Kier alpha value is -1.89. The van der Waals surface area contributed by atoms with Crippen molar-refractivity contribution in [2.24, 2.45) is 0 Å². The molecule has 0 aromatic heterocycles. The molecule has 0 atom stereocenters. The number of amides is 1. The van der Waals surface area contributed by atoms with E-state index < -0.39 is 10.0 Å². The lowest BCUT2D eigenvalue weighted by molar-refractivity contribution is -0.116. The fourth-order valence-corrected chi connectivity index (χ4v) is 3.54. The number of aryl methyl sites for hydroxylation is 1. The second kappa shape index (κ2) is 8.47. The summed E-state index contributed by atoms with van der Waals surface area (Å²) in [5, 5.41) is 3.45. The van der Waals surface area contributed by atoms with Gasteiger partial charge in [-0.05, 0) is 48.7 Å². The summed E-state index contributed by atoms with van der Waals surface area (Å²) in [7, 11) is -3.45. The average Bonchev–Trinajstić information content (AvgIpc) is 2.57. The van der Waals surface area contributed by atoms with E-state index in [1.807, 2.05) is 6.92 Å². The first-order valence-electron chi connectivity index (χ1n) is 7.97. The van der Waals surface area contributed by atoms with Gasteiger partial charge in [0.1, 0.15) is 0 Å². The van der Waals surface area contributed by atoms with Gasteiger partial charge in [-0.2, -0.15) is 0 Å². The summed E-state index contributed by atoms with van der Waals surface area (Å²) in [6, 6.07) is 11.9. The standard InChI is InChI=1S/C18H21ClN2O3S/c1-3-20-25(23,24)15-10-7-14(8-11-15)9-12-18(22)21-17-6-4-5-16(19)13(17)2/h4-8,10-11,20H,3,9,12H2,1-2H3,(H,21,22). The highest BCUT2D eigenvalue weighted by molar-refractivity contribution is 7.89. The van der Waals surface area contributed by atoms with Gasteiger partial charge in [-0.3, -0.25) is 4.79 Å². The molecule has 0 aliphatic carbocycles. The second-order valence-corrected chi connectivity index (χ2v) is 7.78. The molecule has 0 fully saturated rings. The van der Waals surface area contributed by atoms with Crippen molar-refractivity contribution in [3.05, 3.63) is 58.6 Å². The normalized spacial score (nSPS) is 11.3. The van der Waals surface area contributed by atoms with Crippen LogP contribution in [0.5, 0.6) is 0 Å². The molecule has 2 N–H and O–H groups in total. The molecule has 0 spiro atoms. The Kier molecular flexibility index (Phi) is 6.58. The Bertz CT molecular complexity index is 849. The van der Waals surface area contributed by atoms with Gasteiger partial charge in [-0.25, -0.2) is 13.1 Å². The number of sulfonamides is 1. The zero-order valence-corrected chi connectivity index (χ0v) is 15.7. The Morgan fingerprint density at radius 2 is 1.80 bits per heavy atom. The molecular formula is C18H21ClN2O3S. The summed E-state index contributed by atoms with van der Waals surface area (Å²) in [4.78, 5) is 12.3. The molecule has 2 rings (SSSR count). The molecule has 2 aromatic rings. The summed E-state index contributed by atoms with van der Waals surface area (Å²) < 4.78 is 26.2. The van der Waals surface area contributed by atoms with Crippen molar-refractivity contribution in [2.45, 2.75) is 31.6 Å². The van der Waals surface area contributed by atoms with Crippen LogP contribution in [0, 0.1) is 6.92 Å². The third kappa shape index (κ3) is 5.29. The van der Waals surface area contributed by atoms with Crippen LogP contribution in [0.25, 0.3) is 0 Å². The van der Waals surface area contributed by atoms with Crippen LogP contribution in [0.1, 0.15) is 24.5 Å². The SMILES string of the molecule is CCNS(=O)(=O)c1ccc(CCC(=O)Nc2cccc(Cl)c2C)cc1. The highest BCUT2D eigenvalue weighted by Crippen LogP contribution is 2.23. The lowest BCUT2D eigenvalue weighted by Crippen LogP contribution is -2.23. The van der Waals surface area contributed by atoms with Gasteiger partial charge < -0.3 is 5.32 Å².